The van der Waals surface area contributed by atoms with Crippen LogP contribution in [-0.4, -0.2) is 13.4 Å². The van der Waals surface area contributed by atoms with Crippen LogP contribution in [0.3, 0.4) is 0 Å². The van der Waals surface area contributed by atoms with E-state index in [0.29, 0.717) is 14.1 Å². The topological polar surface area (TPSA) is 59.1 Å². The van der Waals surface area contributed by atoms with Crippen molar-refractivity contribution in [3.8, 4) is 0 Å². The van der Waals surface area contributed by atoms with E-state index in [-0.39, 0.29) is 10.6 Å². The monoisotopic (exact) mass is 424 g/mol. The molecule has 2 aromatic rings. The number of benzene rings is 1. The molecule has 0 spiro atoms. The van der Waals surface area contributed by atoms with Crippen molar-refractivity contribution in [2.45, 2.75) is 4.90 Å². The van der Waals surface area contributed by atoms with Crippen molar-refractivity contribution in [3.63, 3.8) is 0 Å². The van der Waals surface area contributed by atoms with Crippen molar-refractivity contribution in [1.82, 2.24) is 4.98 Å². The molecule has 0 saturated heterocycles. The Kier molecular flexibility index (Phi) is 4.50. The van der Waals surface area contributed by atoms with Crippen LogP contribution >= 0.6 is 43.5 Å². The number of halogens is 3. The Hall–Kier alpha value is -0.630. The van der Waals surface area contributed by atoms with E-state index in [1.807, 2.05) is 0 Å². The summed E-state index contributed by atoms with van der Waals surface area (Å²) in [5.74, 6) is 0. The Balaban J connectivity index is 2.39. The van der Waals surface area contributed by atoms with Crippen molar-refractivity contribution in [3.05, 3.63) is 50.6 Å². The van der Waals surface area contributed by atoms with Gasteiger partial charge in [0.1, 0.15) is 4.60 Å². The fourth-order valence-corrected chi connectivity index (χ4v) is 3.59. The summed E-state index contributed by atoms with van der Waals surface area (Å²) in [5.41, 5.74) is 0.285. The van der Waals surface area contributed by atoms with Gasteiger partial charge in [-0.3, -0.25) is 4.72 Å². The highest BCUT2D eigenvalue weighted by molar-refractivity contribution is 9.10. The molecule has 0 atom stereocenters. The fraction of sp³-hybridized carbons (Fsp3) is 0. The summed E-state index contributed by atoms with van der Waals surface area (Å²) in [6, 6.07) is 7.88. The highest BCUT2D eigenvalue weighted by atomic mass is 79.9. The third-order valence-electron chi connectivity index (χ3n) is 2.16. The lowest BCUT2D eigenvalue weighted by Crippen LogP contribution is -2.13. The van der Waals surface area contributed by atoms with Gasteiger partial charge in [0.25, 0.3) is 10.0 Å². The molecular weight excluding hydrogens is 419 g/mol. The molecule has 0 aliphatic rings. The van der Waals surface area contributed by atoms with Gasteiger partial charge in [-0.1, -0.05) is 33.6 Å². The van der Waals surface area contributed by atoms with Crippen LogP contribution in [0.15, 0.2) is 50.5 Å². The molecule has 0 radical (unpaired) electrons. The normalized spacial score (nSPS) is 11.3. The number of rotatable bonds is 3. The summed E-state index contributed by atoms with van der Waals surface area (Å²) in [4.78, 5) is 4.07. The van der Waals surface area contributed by atoms with E-state index in [1.54, 1.807) is 12.1 Å². The van der Waals surface area contributed by atoms with Gasteiger partial charge in [-0.15, -0.1) is 0 Å². The van der Waals surface area contributed by atoms with E-state index in [0.717, 1.165) is 0 Å². The van der Waals surface area contributed by atoms with Crippen LogP contribution in [-0.2, 0) is 10.0 Å². The average molecular weight is 427 g/mol. The molecule has 1 heterocycles. The number of aromatic nitrogens is 1. The van der Waals surface area contributed by atoms with Crippen LogP contribution in [0.5, 0.6) is 0 Å². The number of sulfonamides is 1. The first-order valence-electron chi connectivity index (χ1n) is 4.98. The summed E-state index contributed by atoms with van der Waals surface area (Å²) >= 11 is 12.2. The number of pyridine rings is 1. The molecule has 4 nitrogen and oxygen atoms in total. The maximum Gasteiger partial charge on any atom is 0.262 e. The standard InChI is InChI=1S/C11H7Br2ClN2O2S/c12-7-2-1-3-9(4-7)19(17,18)16-10-5-8(14)6-15-11(10)13/h1-6,16H. The van der Waals surface area contributed by atoms with Crippen LogP contribution in [0.1, 0.15) is 0 Å². The lowest BCUT2D eigenvalue weighted by atomic mass is 10.4. The number of anilines is 1. The zero-order valence-electron chi connectivity index (χ0n) is 9.27. The number of hydrogen-bond acceptors (Lipinski definition) is 3. The SMILES string of the molecule is O=S(=O)(Nc1cc(Cl)cnc1Br)c1cccc(Br)c1. The van der Waals surface area contributed by atoms with Gasteiger partial charge in [-0.2, -0.15) is 0 Å². The minimum Gasteiger partial charge on any atom is -0.277 e. The first kappa shape index (κ1) is 14.8. The minimum atomic E-state index is -3.68. The lowest BCUT2D eigenvalue weighted by molar-refractivity contribution is 0.601. The van der Waals surface area contributed by atoms with E-state index in [1.165, 1.54) is 24.4 Å². The van der Waals surface area contributed by atoms with Gasteiger partial charge in [0.15, 0.2) is 0 Å². The second-order valence-corrected chi connectivity index (χ2v) is 7.34. The molecule has 0 unspecified atom stereocenters. The van der Waals surface area contributed by atoms with E-state index < -0.39 is 10.0 Å². The van der Waals surface area contributed by atoms with Gasteiger partial charge in [-0.05, 0) is 40.2 Å². The predicted molar refractivity (Wildman–Crippen MR) is 81.9 cm³/mol. The van der Waals surface area contributed by atoms with E-state index in [4.69, 9.17) is 11.6 Å². The summed E-state index contributed by atoms with van der Waals surface area (Å²) in [7, 11) is -3.68. The summed E-state index contributed by atoms with van der Waals surface area (Å²) in [6.45, 7) is 0. The zero-order chi connectivity index (χ0) is 14.0. The second kappa shape index (κ2) is 5.78. The third kappa shape index (κ3) is 3.68. The average Bonchev–Trinajstić information content (AvgIpc) is 2.33. The van der Waals surface area contributed by atoms with E-state index in [9.17, 15) is 8.42 Å². The Morgan fingerprint density at radius 3 is 2.63 bits per heavy atom. The number of hydrogen-bond donors (Lipinski definition) is 1. The first-order valence-corrected chi connectivity index (χ1v) is 8.42. The fourth-order valence-electron chi connectivity index (χ4n) is 1.33. The smallest absolute Gasteiger partial charge is 0.262 e. The molecule has 1 aromatic heterocycles. The van der Waals surface area contributed by atoms with Crippen LogP contribution in [0.25, 0.3) is 0 Å². The van der Waals surface area contributed by atoms with Gasteiger partial charge in [0.2, 0.25) is 0 Å². The molecule has 0 amide bonds. The van der Waals surface area contributed by atoms with Crippen LogP contribution < -0.4 is 4.72 Å². The highest BCUT2D eigenvalue weighted by Crippen LogP contribution is 2.26. The van der Waals surface area contributed by atoms with Gasteiger partial charge in [-0.25, -0.2) is 13.4 Å². The molecule has 0 aliphatic carbocycles. The zero-order valence-corrected chi connectivity index (χ0v) is 14.0. The second-order valence-electron chi connectivity index (χ2n) is 3.55. The third-order valence-corrected chi connectivity index (χ3v) is 4.85. The van der Waals surface area contributed by atoms with Gasteiger partial charge >= 0.3 is 0 Å². The lowest BCUT2D eigenvalue weighted by Gasteiger charge is -2.09. The highest BCUT2D eigenvalue weighted by Gasteiger charge is 2.16. The van der Waals surface area contributed by atoms with Crippen molar-refractivity contribution in [2.24, 2.45) is 0 Å². The maximum atomic E-state index is 12.2. The van der Waals surface area contributed by atoms with Crippen LogP contribution in [0.2, 0.25) is 5.02 Å². The Labute approximate surface area is 132 Å². The van der Waals surface area contributed by atoms with Crippen molar-refractivity contribution in [2.75, 3.05) is 4.72 Å². The molecule has 1 N–H and O–H groups in total. The first-order chi connectivity index (χ1) is 8.88. The molecule has 8 heteroatoms. The van der Waals surface area contributed by atoms with Crippen molar-refractivity contribution < 1.29 is 8.42 Å². The molecule has 0 saturated carbocycles. The Bertz CT molecular complexity index is 722. The van der Waals surface area contributed by atoms with Crippen LogP contribution in [0, 0.1) is 0 Å². The molecule has 0 fully saturated rings. The molecule has 0 bridgehead atoms. The van der Waals surface area contributed by atoms with Crippen LogP contribution in [0.4, 0.5) is 5.69 Å². The van der Waals surface area contributed by atoms with Crippen molar-refractivity contribution in [1.29, 1.82) is 0 Å². The van der Waals surface area contributed by atoms with Gasteiger partial charge < -0.3 is 0 Å². The summed E-state index contributed by atoms with van der Waals surface area (Å²) < 4.78 is 27.9. The molecule has 2 rings (SSSR count). The van der Waals surface area contributed by atoms with Crippen molar-refractivity contribution >= 4 is 59.2 Å². The quantitative estimate of drug-likeness (QED) is 0.753. The van der Waals surface area contributed by atoms with Gasteiger partial charge in [0, 0.05) is 10.7 Å². The summed E-state index contributed by atoms with van der Waals surface area (Å²) in [5, 5.41) is 0.343. The molecule has 1 aromatic carbocycles. The molecule has 19 heavy (non-hydrogen) atoms. The predicted octanol–water partition coefficient (Wildman–Crippen LogP) is 4.06. The largest absolute Gasteiger partial charge is 0.277 e. The molecule has 0 aliphatic heterocycles. The Morgan fingerprint density at radius 2 is 1.95 bits per heavy atom. The maximum absolute atomic E-state index is 12.2. The number of nitrogens with one attached hydrogen (secondary N) is 1. The Morgan fingerprint density at radius 1 is 1.21 bits per heavy atom. The summed E-state index contributed by atoms with van der Waals surface area (Å²) in [6.07, 6.45) is 1.42. The van der Waals surface area contributed by atoms with E-state index in [2.05, 4.69) is 41.6 Å². The minimum absolute atomic E-state index is 0.147. The number of nitrogens with zero attached hydrogens (tertiary/aromatic N) is 1. The van der Waals surface area contributed by atoms with Gasteiger partial charge in [0.05, 0.1) is 15.6 Å². The molecule has 100 valence electrons. The van der Waals surface area contributed by atoms with E-state index >= 15 is 0 Å². The molecular formula is C11H7Br2ClN2O2S.